The van der Waals surface area contributed by atoms with Crippen LogP contribution in [0.25, 0.3) is 0 Å². The zero-order chi connectivity index (χ0) is 13.9. The Hall–Kier alpha value is -1.36. The third-order valence-electron chi connectivity index (χ3n) is 2.05. The first-order valence-corrected chi connectivity index (χ1v) is 7.07. The maximum Gasteiger partial charge on any atom is 0.335 e. The van der Waals surface area contributed by atoms with Crippen LogP contribution < -0.4 is 4.72 Å². The van der Waals surface area contributed by atoms with Crippen molar-refractivity contribution in [3.63, 3.8) is 0 Å². The lowest BCUT2D eigenvalue weighted by Crippen LogP contribution is -2.31. The van der Waals surface area contributed by atoms with Gasteiger partial charge >= 0.3 is 5.97 Å². The lowest BCUT2D eigenvalue weighted by molar-refractivity contribution is 0.0696. The van der Waals surface area contributed by atoms with Crippen molar-refractivity contribution in [1.29, 1.82) is 0 Å². The van der Waals surface area contributed by atoms with E-state index < -0.39 is 22.0 Å². The highest BCUT2D eigenvalue weighted by Gasteiger charge is 2.21. The Morgan fingerprint density at radius 3 is 2.67 bits per heavy atom. The standard InChI is InChI=1S/C11H10BrNO4S/c1-3-7(2)13-18(16,17)10-6-8(11(14)15)4-5-9(10)12/h1,4-7,13H,2H3,(H,14,15). The molecule has 0 aliphatic rings. The number of halogens is 1. The second-order valence-corrected chi connectivity index (χ2v) is 6.00. The summed E-state index contributed by atoms with van der Waals surface area (Å²) in [5.41, 5.74) is -0.119. The molecule has 0 saturated heterocycles. The summed E-state index contributed by atoms with van der Waals surface area (Å²) < 4.78 is 26.4. The van der Waals surface area contributed by atoms with Crippen molar-refractivity contribution >= 4 is 31.9 Å². The number of rotatable bonds is 4. The van der Waals surface area contributed by atoms with Gasteiger partial charge in [0.2, 0.25) is 10.0 Å². The van der Waals surface area contributed by atoms with Gasteiger partial charge in [0.25, 0.3) is 0 Å². The molecule has 0 heterocycles. The van der Waals surface area contributed by atoms with Crippen LogP contribution in [0.1, 0.15) is 17.3 Å². The molecule has 96 valence electrons. The predicted molar refractivity (Wildman–Crippen MR) is 69.7 cm³/mol. The molecule has 0 fully saturated rings. The number of carboxylic acids is 1. The maximum atomic E-state index is 12.0. The normalized spacial score (nSPS) is 12.7. The summed E-state index contributed by atoms with van der Waals surface area (Å²) in [5.74, 6) is 1.02. The minimum atomic E-state index is -3.86. The summed E-state index contributed by atoms with van der Waals surface area (Å²) in [5, 5.41) is 8.83. The van der Waals surface area contributed by atoms with Crippen molar-refractivity contribution < 1.29 is 18.3 Å². The molecule has 0 bridgehead atoms. The number of carbonyl (C=O) groups is 1. The van der Waals surface area contributed by atoms with Crippen LogP contribution in [0.5, 0.6) is 0 Å². The summed E-state index contributed by atoms with van der Waals surface area (Å²) >= 11 is 3.06. The molecule has 0 radical (unpaired) electrons. The van der Waals surface area contributed by atoms with Gasteiger partial charge in [0.1, 0.15) is 0 Å². The highest BCUT2D eigenvalue weighted by molar-refractivity contribution is 9.10. The number of sulfonamides is 1. The highest BCUT2D eigenvalue weighted by atomic mass is 79.9. The van der Waals surface area contributed by atoms with E-state index in [9.17, 15) is 13.2 Å². The molecule has 0 aromatic heterocycles. The van der Waals surface area contributed by atoms with Crippen LogP contribution in [0.3, 0.4) is 0 Å². The van der Waals surface area contributed by atoms with E-state index in [-0.39, 0.29) is 14.9 Å². The molecule has 1 atom stereocenters. The fourth-order valence-electron chi connectivity index (χ4n) is 1.17. The van der Waals surface area contributed by atoms with E-state index in [2.05, 4.69) is 26.6 Å². The fourth-order valence-corrected chi connectivity index (χ4v) is 3.33. The van der Waals surface area contributed by atoms with Crippen LogP contribution in [-0.4, -0.2) is 25.5 Å². The molecular weight excluding hydrogens is 322 g/mol. The van der Waals surface area contributed by atoms with Gasteiger partial charge in [-0.3, -0.25) is 0 Å². The van der Waals surface area contributed by atoms with Crippen molar-refractivity contribution in [2.45, 2.75) is 17.9 Å². The Morgan fingerprint density at radius 1 is 1.56 bits per heavy atom. The lowest BCUT2D eigenvalue weighted by Gasteiger charge is -2.11. The molecule has 1 unspecified atom stereocenters. The smallest absolute Gasteiger partial charge is 0.335 e. The molecule has 0 aliphatic carbocycles. The Bertz CT molecular complexity index is 618. The molecule has 1 aromatic rings. The van der Waals surface area contributed by atoms with E-state index in [0.717, 1.165) is 6.07 Å². The minimum absolute atomic E-state index is 0.119. The first kappa shape index (κ1) is 14.7. The van der Waals surface area contributed by atoms with Crippen molar-refractivity contribution in [3.05, 3.63) is 28.2 Å². The topological polar surface area (TPSA) is 83.5 Å². The largest absolute Gasteiger partial charge is 0.478 e. The fraction of sp³-hybridized carbons (Fsp3) is 0.182. The van der Waals surface area contributed by atoms with Crippen LogP contribution >= 0.6 is 15.9 Å². The van der Waals surface area contributed by atoms with Gasteiger partial charge in [0.05, 0.1) is 16.5 Å². The minimum Gasteiger partial charge on any atom is -0.478 e. The number of aromatic carboxylic acids is 1. The van der Waals surface area contributed by atoms with E-state index in [1.165, 1.54) is 19.1 Å². The molecule has 5 nitrogen and oxygen atoms in total. The maximum absolute atomic E-state index is 12.0. The molecule has 0 aliphatic heterocycles. The summed E-state index contributed by atoms with van der Waals surface area (Å²) in [7, 11) is -3.86. The summed E-state index contributed by atoms with van der Waals surface area (Å²) in [6.45, 7) is 1.51. The van der Waals surface area contributed by atoms with Gasteiger partial charge in [0, 0.05) is 4.47 Å². The van der Waals surface area contributed by atoms with Gasteiger partial charge in [-0.1, -0.05) is 5.92 Å². The molecule has 1 aromatic carbocycles. The number of terminal acetylenes is 1. The Balaban J connectivity index is 3.28. The van der Waals surface area contributed by atoms with Crippen LogP contribution in [0.2, 0.25) is 0 Å². The summed E-state index contributed by atoms with van der Waals surface area (Å²) in [6, 6.07) is 3.04. The van der Waals surface area contributed by atoms with E-state index >= 15 is 0 Å². The van der Waals surface area contributed by atoms with Gasteiger partial charge < -0.3 is 5.11 Å². The zero-order valence-corrected chi connectivity index (χ0v) is 11.7. The van der Waals surface area contributed by atoms with E-state index in [1.54, 1.807) is 0 Å². The average Bonchev–Trinajstić information content (AvgIpc) is 2.28. The molecule has 0 amide bonds. The molecule has 0 saturated carbocycles. The second-order valence-electron chi connectivity index (χ2n) is 3.46. The van der Waals surface area contributed by atoms with E-state index in [0.29, 0.717) is 0 Å². The van der Waals surface area contributed by atoms with Crippen molar-refractivity contribution in [2.24, 2.45) is 0 Å². The lowest BCUT2D eigenvalue weighted by atomic mass is 10.2. The number of nitrogens with one attached hydrogen (secondary N) is 1. The third-order valence-corrected chi connectivity index (χ3v) is 4.58. The van der Waals surface area contributed by atoms with Gasteiger partial charge in [-0.05, 0) is 41.1 Å². The van der Waals surface area contributed by atoms with Gasteiger partial charge in [0.15, 0.2) is 0 Å². The molecule has 0 spiro atoms. The van der Waals surface area contributed by atoms with Crippen molar-refractivity contribution in [1.82, 2.24) is 4.72 Å². The molecule has 2 N–H and O–H groups in total. The average molecular weight is 332 g/mol. The highest BCUT2D eigenvalue weighted by Crippen LogP contribution is 2.23. The third kappa shape index (κ3) is 3.32. The first-order chi connectivity index (χ1) is 8.27. The first-order valence-electron chi connectivity index (χ1n) is 4.79. The van der Waals surface area contributed by atoms with E-state index in [1.807, 2.05) is 0 Å². The zero-order valence-electron chi connectivity index (χ0n) is 9.34. The van der Waals surface area contributed by atoms with Crippen LogP contribution in [0.4, 0.5) is 0 Å². The number of carboxylic acid groups (broad SMARTS) is 1. The number of hydrogen-bond donors (Lipinski definition) is 2. The Labute approximate surface area is 113 Å². The monoisotopic (exact) mass is 331 g/mol. The number of hydrogen-bond acceptors (Lipinski definition) is 3. The van der Waals surface area contributed by atoms with Crippen molar-refractivity contribution in [2.75, 3.05) is 0 Å². The Kier molecular flexibility index (Phi) is 4.51. The van der Waals surface area contributed by atoms with Crippen molar-refractivity contribution in [3.8, 4) is 12.3 Å². The second kappa shape index (κ2) is 5.52. The van der Waals surface area contributed by atoms with Gasteiger partial charge in [-0.2, -0.15) is 4.72 Å². The molecule has 7 heteroatoms. The molecule has 1 rings (SSSR count). The quantitative estimate of drug-likeness (QED) is 0.818. The summed E-state index contributed by atoms with van der Waals surface area (Å²) in [6.07, 6.45) is 5.09. The van der Waals surface area contributed by atoms with Gasteiger partial charge in [-0.25, -0.2) is 13.2 Å². The van der Waals surface area contributed by atoms with E-state index in [4.69, 9.17) is 11.5 Å². The molecule has 18 heavy (non-hydrogen) atoms. The SMILES string of the molecule is C#CC(C)NS(=O)(=O)c1cc(C(=O)O)ccc1Br. The van der Waals surface area contributed by atoms with Gasteiger partial charge in [-0.15, -0.1) is 6.42 Å². The molecular formula is C11H10BrNO4S. The number of benzene rings is 1. The van der Waals surface area contributed by atoms with Crippen LogP contribution in [0.15, 0.2) is 27.6 Å². The van der Waals surface area contributed by atoms with Crippen LogP contribution in [-0.2, 0) is 10.0 Å². The Morgan fingerprint density at radius 2 is 2.17 bits per heavy atom. The van der Waals surface area contributed by atoms with Crippen LogP contribution in [0, 0.1) is 12.3 Å². The predicted octanol–water partition coefficient (Wildman–Crippen LogP) is 1.45. The summed E-state index contributed by atoms with van der Waals surface area (Å²) in [4.78, 5) is 10.6.